The summed E-state index contributed by atoms with van der Waals surface area (Å²) in [5, 5.41) is 5.34. The van der Waals surface area contributed by atoms with Crippen molar-refractivity contribution in [3.63, 3.8) is 0 Å². The van der Waals surface area contributed by atoms with Gasteiger partial charge in [0.25, 0.3) is 5.56 Å². The lowest BCUT2D eigenvalue weighted by Gasteiger charge is -2.09. The zero-order valence-electron chi connectivity index (χ0n) is 11.4. The number of H-pyrrole nitrogens is 1. The Hall–Kier alpha value is -1.66. The molecule has 108 valence electrons. The van der Waals surface area contributed by atoms with Crippen LogP contribution >= 0.6 is 22.9 Å². The van der Waals surface area contributed by atoms with Crippen LogP contribution in [0.5, 0.6) is 0 Å². The van der Waals surface area contributed by atoms with Gasteiger partial charge in [0.15, 0.2) is 5.82 Å². The maximum atomic E-state index is 12.5. The Bertz CT molecular complexity index is 888. The average molecular weight is 321 g/mol. The van der Waals surface area contributed by atoms with Crippen LogP contribution in [0.15, 0.2) is 11.0 Å². The zero-order chi connectivity index (χ0) is 14.6. The van der Waals surface area contributed by atoms with Crippen LogP contribution in [-0.2, 0) is 19.9 Å². The molecule has 1 N–H and O–H groups in total. The molecule has 1 aliphatic carbocycles. The highest BCUT2D eigenvalue weighted by Crippen LogP contribution is 2.34. The Morgan fingerprint density at radius 3 is 2.95 bits per heavy atom. The van der Waals surface area contributed by atoms with Crippen molar-refractivity contribution in [3.8, 4) is 11.5 Å². The van der Waals surface area contributed by atoms with Crippen LogP contribution in [0.25, 0.3) is 21.7 Å². The number of rotatable bonds is 1. The third-order valence-electron chi connectivity index (χ3n) is 3.94. The van der Waals surface area contributed by atoms with Gasteiger partial charge in [0.2, 0.25) is 0 Å². The first kappa shape index (κ1) is 13.0. The number of nitrogens with one attached hydrogen (secondary N) is 1. The molecule has 3 aromatic rings. The van der Waals surface area contributed by atoms with Gasteiger partial charge in [-0.05, 0) is 31.2 Å². The smallest absolute Gasteiger partial charge is 0.260 e. The number of aryl methyl sites for hydroxylation is 3. The van der Waals surface area contributed by atoms with Crippen LogP contribution in [0.1, 0.15) is 23.3 Å². The molecule has 4 rings (SSSR count). The fourth-order valence-corrected chi connectivity index (χ4v) is 4.47. The lowest BCUT2D eigenvalue weighted by molar-refractivity contribution is 0.700. The van der Waals surface area contributed by atoms with Crippen LogP contribution in [0.3, 0.4) is 0 Å². The van der Waals surface area contributed by atoms with E-state index in [2.05, 4.69) is 15.1 Å². The average Bonchev–Trinajstić information content (AvgIpc) is 2.99. The van der Waals surface area contributed by atoms with E-state index in [0.29, 0.717) is 16.5 Å². The van der Waals surface area contributed by atoms with Crippen molar-refractivity contribution in [3.05, 3.63) is 32.0 Å². The molecule has 0 bridgehead atoms. The van der Waals surface area contributed by atoms with Crippen LogP contribution < -0.4 is 5.56 Å². The monoisotopic (exact) mass is 320 g/mol. The standard InChI is InChI=1S/C14H13ClN4OS/c1-19-11(8(15)6-16-19)12-17-13(20)10-7-4-2-3-5-9(7)21-14(10)18-12/h6H,2-5H2,1H3,(H,17,18,20). The molecular formula is C14H13ClN4OS. The van der Waals surface area contributed by atoms with Gasteiger partial charge in [-0.15, -0.1) is 11.3 Å². The minimum absolute atomic E-state index is 0.0772. The molecule has 0 aromatic carbocycles. The Labute approximate surface area is 129 Å². The minimum Gasteiger partial charge on any atom is -0.305 e. The summed E-state index contributed by atoms with van der Waals surface area (Å²) < 4.78 is 1.62. The summed E-state index contributed by atoms with van der Waals surface area (Å²) in [6, 6.07) is 0. The summed E-state index contributed by atoms with van der Waals surface area (Å²) in [7, 11) is 1.78. The summed E-state index contributed by atoms with van der Waals surface area (Å²) >= 11 is 7.78. The van der Waals surface area contributed by atoms with Crippen molar-refractivity contribution < 1.29 is 0 Å². The van der Waals surface area contributed by atoms with Gasteiger partial charge in [-0.3, -0.25) is 9.48 Å². The van der Waals surface area contributed by atoms with Gasteiger partial charge in [-0.2, -0.15) is 5.10 Å². The highest BCUT2D eigenvalue weighted by molar-refractivity contribution is 7.18. The molecule has 0 aliphatic heterocycles. The number of hydrogen-bond acceptors (Lipinski definition) is 4. The van der Waals surface area contributed by atoms with E-state index in [1.165, 1.54) is 16.9 Å². The predicted octanol–water partition coefficient (Wildman–Crippen LogP) is 2.92. The van der Waals surface area contributed by atoms with Gasteiger partial charge >= 0.3 is 0 Å². The molecule has 1 aliphatic rings. The summed E-state index contributed by atoms with van der Waals surface area (Å²) in [5.41, 5.74) is 1.76. The number of hydrogen-bond donors (Lipinski definition) is 1. The predicted molar refractivity (Wildman–Crippen MR) is 84.1 cm³/mol. The topological polar surface area (TPSA) is 63.6 Å². The Kier molecular flexibility index (Phi) is 2.90. The first-order chi connectivity index (χ1) is 10.1. The van der Waals surface area contributed by atoms with E-state index in [1.807, 2.05) is 0 Å². The lowest BCUT2D eigenvalue weighted by Crippen LogP contribution is -2.12. The maximum absolute atomic E-state index is 12.5. The van der Waals surface area contributed by atoms with E-state index in [-0.39, 0.29) is 5.56 Å². The van der Waals surface area contributed by atoms with E-state index in [0.717, 1.165) is 29.5 Å². The van der Waals surface area contributed by atoms with Gasteiger partial charge in [-0.1, -0.05) is 11.6 Å². The fraction of sp³-hybridized carbons (Fsp3) is 0.357. The third kappa shape index (κ3) is 1.93. The van der Waals surface area contributed by atoms with Crippen molar-refractivity contribution in [1.82, 2.24) is 19.7 Å². The third-order valence-corrected chi connectivity index (χ3v) is 5.41. The van der Waals surface area contributed by atoms with Crippen molar-refractivity contribution in [1.29, 1.82) is 0 Å². The number of aromatic amines is 1. The molecule has 0 radical (unpaired) electrons. The van der Waals surface area contributed by atoms with Gasteiger partial charge in [0.05, 0.1) is 16.6 Å². The second kappa shape index (κ2) is 4.68. The molecule has 0 unspecified atom stereocenters. The Morgan fingerprint density at radius 1 is 1.38 bits per heavy atom. The van der Waals surface area contributed by atoms with Crippen molar-refractivity contribution in [2.75, 3.05) is 0 Å². The Morgan fingerprint density at radius 2 is 2.19 bits per heavy atom. The molecule has 21 heavy (non-hydrogen) atoms. The maximum Gasteiger partial charge on any atom is 0.260 e. The molecule has 7 heteroatoms. The van der Waals surface area contributed by atoms with Crippen LogP contribution in [0.4, 0.5) is 0 Å². The summed E-state index contributed by atoms with van der Waals surface area (Å²) in [6.07, 6.45) is 5.93. The van der Waals surface area contributed by atoms with E-state index in [9.17, 15) is 4.79 Å². The number of thiophene rings is 1. The van der Waals surface area contributed by atoms with E-state index >= 15 is 0 Å². The molecule has 0 spiro atoms. The zero-order valence-corrected chi connectivity index (χ0v) is 13.0. The van der Waals surface area contributed by atoms with E-state index in [1.54, 1.807) is 29.3 Å². The molecule has 0 saturated heterocycles. The number of aromatic nitrogens is 4. The van der Waals surface area contributed by atoms with Crippen LogP contribution in [0, 0.1) is 0 Å². The highest BCUT2D eigenvalue weighted by Gasteiger charge is 2.21. The molecule has 0 amide bonds. The molecule has 3 heterocycles. The van der Waals surface area contributed by atoms with Gasteiger partial charge in [0, 0.05) is 11.9 Å². The normalized spacial score (nSPS) is 14.6. The Balaban J connectivity index is 2.00. The van der Waals surface area contributed by atoms with Gasteiger partial charge < -0.3 is 4.98 Å². The first-order valence-electron chi connectivity index (χ1n) is 6.87. The van der Waals surface area contributed by atoms with E-state index in [4.69, 9.17) is 11.6 Å². The van der Waals surface area contributed by atoms with Gasteiger partial charge in [0.1, 0.15) is 10.5 Å². The molecule has 5 nitrogen and oxygen atoms in total. The summed E-state index contributed by atoms with van der Waals surface area (Å²) in [5.74, 6) is 0.482. The molecular weight excluding hydrogens is 308 g/mol. The second-order valence-electron chi connectivity index (χ2n) is 5.27. The van der Waals surface area contributed by atoms with Crippen molar-refractivity contribution >= 4 is 33.2 Å². The highest BCUT2D eigenvalue weighted by atomic mass is 35.5. The minimum atomic E-state index is -0.0772. The number of nitrogens with zero attached hydrogens (tertiary/aromatic N) is 3. The molecule has 0 saturated carbocycles. The SMILES string of the molecule is Cn1ncc(Cl)c1-c1nc2sc3c(c2c(=O)[nH]1)CCCC3. The van der Waals surface area contributed by atoms with E-state index < -0.39 is 0 Å². The van der Waals surface area contributed by atoms with Crippen LogP contribution in [-0.4, -0.2) is 19.7 Å². The molecule has 3 aromatic heterocycles. The van der Waals surface area contributed by atoms with Crippen molar-refractivity contribution in [2.45, 2.75) is 25.7 Å². The van der Waals surface area contributed by atoms with Crippen LogP contribution in [0.2, 0.25) is 5.02 Å². The summed E-state index contributed by atoms with van der Waals surface area (Å²) in [6.45, 7) is 0. The molecule has 0 fully saturated rings. The quantitative estimate of drug-likeness (QED) is 0.750. The first-order valence-corrected chi connectivity index (χ1v) is 8.07. The number of halogens is 1. The van der Waals surface area contributed by atoms with Crippen molar-refractivity contribution in [2.24, 2.45) is 7.05 Å². The summed E-state index contributed by atoms with van der Waals surface area (Å²) in [4.78, 5) is 22.1. The number of fused-ring (bicyclic) bond motifs is 3. The fourth-order valence-electron chi connectivity index (χ4n) is 2.95. The molecule has 0 atom stereocenters. The lowest BCUT2D eigenvalue weighted by atomic mass is 9.97. The largest absolute Gasteiger partial charge is 0.305 e. The van der Waals surface area contributed by atoms with Gasteiger partial charge in [-0.25, -0.2) is 4.98 Å². The second-order valence-corrected chi connectivity index (χ2v) is 6.76.